The largest absolute Gasteiger partial charge is 0.292 e. The molecule has 0 aliphatic rings. The highest BCUT2D eigenvalue weighted by Crippen LogP contribution is 2.27. The van der Waals surface area contributed by atoms with Crippen molar-refractivity contribution in [2.75, 3.05) is 13.3 Å². The van der Waals surface area contributed by atoms with Gasteiger partial charge in [0.1, 0.15) is 5.82 Å². The minimum atomic E-state index is -3.20. The summed E-state index contributed by atoms with van der Waals surface area (Å²) in [4.78, 5) is 12.2. The third-order valence-corrected chi connectivity index (χ3v) is 6.67. The van der Waals surface area contributed by atoms with Crippen LogP contribution in [0.5, 0.6) is 0 Å². The van der Waals surface area contributed by atoms with Gasteiger partial charge >= 0.3 is 0 Å². The third-order valence-electron chi connectivity index (χ3n) is 5.54. The first-order chi connectivity index (χ1) is 14.8. The van der Waals surface area contributed by atoms with E-state index in [1.54, 1.807) is 12.1 Å². The zero-order valence-corrected chi connectivity index (χ0v) is 18.7. The summed E-state index contributed by atoms with van der Waals surface area (Å²) in [6.45, 7) is 2.66. The first-order valence-electron chi connectivity index (χ1n) is 10.1. The van der Waals surface area contributed by atoms with Crippen molar-refractivity contribution >= 4 is 20.7 Å². The second-order valence-corrected chi connectivity index (χ2v) is 9.82. The second kappa shape index (κ2) is 8.57. The summed E-state index contributed by atoms with van der Waals surface area (Å²) in [7, 11) is -1.18. The number of sulfone groups is 1. The maximum atomic E-state index is 11.7. The van der Waals surface area contributed by atoms with E-state index < -0.39 is 9.84 Å². The lowest BCUT2D eigenvalue weighted by molar-refractivity contribution is 0.247. The molecular formula is C25H25N3O2S. The first kappa shape index (κ1) is 21.2. The van der Waals surface area contributed by atoms with E-state index in [9.17, 15) is 8.42 Å². The molecule has 1 atom stereocenters. The van der Waals surface area contributed by atoms with Crippen molar-refractivity contribution in [1.82, 2.24) is 14.9 Å². The monoisotopic (exact) mass is 431 g/mol. The van der Waals surface area contributed by atoms with Gasteiger partial charge in [0.2, 0.25) is 0 Å². The summed E-state index contributed by atoms with van der Waals surface area (Å²) < 4.78 is 23.4. The molecule has 6 heteroatoms. The van der Waals surface area contributed by atoms with Crippen molar-refractivity contribution in [2.24, 2.45) is 0 Å². The molecule has 0 bridgehead atoms. The zero-order valence-electron chi connectivity index (χ0n) is 17.9. The van der Waals surface area contributed by atoms with Crippen LogP contribution < -0.4 is 0 Å². The van der Waals surface area contributed by atoms with Gasteiger partial charge in [-0.3, -0.25) is 4.90 Å². The molecule has 0 aliphatic carbocycles. The third kappa shape index (κ3) is 4.65. The maximum absolute atomic E-state index is 11.7. The average molecular weight is 432 g/mol. The molecule has 1 heterocycles. The van der Waals surface area contributed by atoms with Crippen molar-refractivity contribution in [3.63, 3.8) is 0 Å². The van der Waals surface area contributed by atoms with Crippen molar-refractivity contribution in [1.29, 1.82) is 0 Å². The van der Waals surface area contributed by atoms with Crippen LogP contribution in [-0.4, -0.2) is 36.6 Å². The summed E-state index contributed by atoms with van der Waals surface area (Å²) >= 11 is 0. The lowest BCUT2D eigenvalue weighted by Gasteiger charge is -2.25. The Morgan fingerprint density at radius 1 is 0.871 bits per heavy atom. The van der Waals surface area contributed by atoms with Gasteiger partial charge in [0.05, 0.1) is 22.7 Å². The fourth-order valence-corrected chi connectivity index (χ4v) is 4.25. The van der Waals surface area contributed by atoms with Gasteiger partial charge in [0, 0.05) is 23.2 Å². The van der Waals surface area contributed by atoms with Crippen LogP contribution >= 0.6 is 0 Å². The van der Waals surface area contributed by atoms with Gasteiger partial charge in [-0.2, -0.15) is 0 Å². The number of hydrogen-bond acceptors (Lipinski definition) is 5. The molecule has 0 aliphatic heterocycles. The molecule has 0 unspecified atom stereocenters. The predicted molar refractivity (Wildman–Crippen MR) is 124 cm³/mol. The fraction of sp³-hybridized carbons (Fsp3) is 0.200. The van der Waals surface area contributed by atoms with Crippen LogP contribution in [0, 0.1) is 0 Å². The van der Waals surface area contributed by atoms with Crippen LogP contribution in [0.15, 0.2) is 83.8 Å². The Bertz CT molecular complexity index is 1300. The van der Waals surface area contributed by atoms with E-state index in [4.69, 9.17) is 9.97 Å². The van der Waals surface area contributed by atoms with E-state index in [2.05, 4.69) is 30.0 Å². The van der Waals surface area contributed by atoms with Gasteiger partial charge in [0.25, 0.3) is 0 Å². The lowest BCUT2D eigenvalue weighted by atomic mass is 10.1. The van der Waals surface area contributed by atoms with Gasteiger partial charge < -0.3 is 0 Å². The molecule has 1 aromatic heterocycles. The summed E-state index contributed by atoms with van der Waals surface area (Å²) in [6.07, 6.45) is 1.22. The van der Waals surface area contributed by atoms with Crippen molar-refractivity contribution in [3.05, 3.63) is 90.3 Å². The van der Waals surface area contributed by atoms with Gasteiger partial charge in [-0.15, -0.1) is 0 Å². The van der Waals surface area contributed by atoms with Crippen LogP contribution in [0.1, 0.15) is 24.4 Å². The molecule has 0 saturated heterocycles. The molecule has 3 aromatic carbocycles. The highest BCUT2D eigenvalue weighted by Gasteiger charge is 2.16. The number of rotatable bonds is 6. The van der Waals surface area contributed by atoms with Crippen molar-refractivity contribution in [3.8, 4) is 11.3 Å². The van der Waals surface area contributed by atoms with E-state index in [-0.39, 0.29) is 6.04 Å². The number of para-hydroxylation sites is 1. The Labute approximate surface area is 183 Å². The highest BCUT2D eigenvalue weighted by molar-refractivity contribution is 7.90. The normalized spacial score (nSPS) is 12.9. The summed E-state index contributed by atoms with van der Waals surface area (Å²) in [5, 5.41) is 1.03. The van der Waals surface area contributed by atoms with E-state index in [0.29, 0.717) is 11.4 Å². The maximum Gasteiger partial charge on any atom is 0.175 e. The van der Waals surface area contributed by atoms with E-state index in [0.717, 1.165) is 33.5 Å². The Balaban J connectivity index is 1.63. The number of nitrogens with zero attached hydrogens (tertiary/aromatic N) is 3. The molecule has 31 heavy (non-hydrogen) atoms. The van der Waals surface area contributed by atoms with Gasteiger partial charge in [-0.25, -0.2) is 18.4 Å². The number of fused-ring (bicyclic) bond motifs is 1. The minimum Gasteiger partial charge on any atom is -0.292 e. The van der Waals surface area contributed by atoms with Crippen LogP contribution in [0.25, 0.3) is 22.2 Å². The van der Waals surface area contributed by atoms with E-state index in [1.807, 2.05) is 55.6 Å². The number of benzene rings is 3. The molecule has 0 amide bonds. The molecule has 0 radical (unpaired) electrons. The Morgan fingerprint density at radius 3 is 2.19 bits per heavy atom. The fourth-order valence-electron chi connectivity index (χ4n) is 3.62. The topological polar surface area (TPSA) is 63.2 Å². The zero-order chi connectivity index (χ0) is 22.0. The molecule has 0 saturated carbocycles. The summed E-state index contributed by atoms with van der Waals surface area (Å²) in [5.41, 5.74) is 3.96. The summed E-state index contributed by atoms with van der Waals surface area (Å²) in [6, 6.07) is 25.4. The van der Waals surface area contributed by atoms with Crippen molar-refractivity contribution < 1.29 is 8.42 Å². The van der Waals surface area contributed by atoms with Crippen LogP contribution in [0.3, 0.4) is 0 Å². The van der Waals surface area contributed by atoms with Crippen LogP contribution in [-0.2, 0) is 16.4 Å². The quantitative estimate of drug-likeness (QED) is 0.435. The van der Waals surface area contributed by atoms with Gasteiger partial charge in [-0.05, 0) is 37.7 Å². The molecule has 0 N–H and O–H groups in total. The molecule has 0 fully saturated rings. The number of aromatic nitrogens is 2. The Morgan fingerprint density at radius 2 is 1.52 bits per heavy atom. The van der Waals surface area contributed by atoms with Crippen LogP contribution in [0.4, 0.5) is 0 Å². The smallest absolute Gasteiger partial charge is 0.175 e. The van der Waals surface area contributed by atoms with Gasteiger partial charge in [-0.1, -0.05) is 60.7 Å². The molecule has 0 spiro atoms. The minimum absolute atomic E-state index is 0.0730. The highest BCUT2D eigenvalue weighted by atomic mass is 32.2. The number of hydrogen-bond donors (Lipinski definition) is 0. The van der Waals surface area contributed by atoms with Crippen LogP contribution in [0.2, 0.25) is 0 Å². The van der Waals surface area contributed by atoms with E-state index in [1.165, 1.54) is 6.26 Å². The lowest BCUT2D eigenvalue weighted by Crippen LogP contribution is -2.23. The Hall–Kier alpha value is -3.09. The van der Waals surface area contributed by atoms with E-state index >= 15 is 0 Å². The molecule has 5 nitrogen and oxygen atoms in total. The SMILES string of the molecule is C[C@@H](c1ccc(S(C)(=O)=O)cc1)N(C)Cc1nc(-c2ccccc2)c2ccccc2n1. The summed E-state index contributed by atoms with van der Waals surface area (Å²) in [5.74, 6) is 0.750. The van der Waals surface area contributed by atoms with Gasteiger partial charge in [0.15, 0.2) is 9.84 Å². The van der Waals surface area contributed by atoms with Crippen molar-refractivity contribution in [2.45, 2.75) is 24.4 Å². The second-order valence-electron chi connectivity index (χ2n) is 7.80. The molecule has 158 valence electrons. The average Bonchev–Trinajstić information content (AvgIpc) is 2.78. The predicted octanol–water partition coefficient (Wildman–Crippen LogP) is 4.89. The molecular weight excluding hydrogens is 406 g/mol. The molecule has 4 rings (SSSR count). The molecule has 4 aromatic rings. The first-order valence-corrected chi connectivity index (χ1v) is 12.0. The Kier molecular flexibility index (Phi) is 5.85. The standard InChI is InChI=1S/C25H25N3O2S/c1-18(19-13-15-21(16-14-19)31(3,29)30)28(2)17-24-26-23-12-8-7-11-22(23)25(27-24)20-9-5-4-6-10-20/h4-16,18H,17H2,1-3H3/t18-/m0/s1.